The van der Waals surface area contributed by atoms with Crippen LogP contribution in [0.2, 0.25) is 0 Å². The molecule has 18 heavy (non-hydrogen) atoms. The summed E-state index contributed by atoms with van der Waals surface area (Å²) in [6.07, 6.45) is -4.35. The Bertz CT molecular complexity index is 391. The molecule has 0 aromatic carbocycles. The Hall–Kier alpha value is -1.64. The molecule has 6 nitrogen and oxygen atoms in total. The number of carbonyl (C=O) groups excluding carboxylic acids is 1. The number of ether oxygens (including phenoxy) is 2. The highest BCUT2D eigenvalue weighted by molar-refractivity contribution is 5.83. The van der Waals surface area contributed by atoms with E-state index in [1.54, 1.807) is 6.92 Å². The quantitative estimate of drug-likeness (QED) is 0.573. The molecular weight excluding hydrogens is 257 g/mol. The van der Waals surface area contributed by atoms with Crippen molar-refractivity contribution in [3.63, 3.8) is 0 Å². The summed E-state index contributed by atoms with van der Waals surface area (Å²) in [5.41, 5.74) is 0. The van der Waals surface area contributed by atoms with Gasteiger partial charge in [0.15, 0.2) is 5.82 Å². The topological polar surface area (TPSA) is 74.5 Å². The minimum absolute atomic E-state index is 0.0129. The van der Waals surface area contributed by atoms with Gasteiger partial charge in [-0.3, -0.25) is 0 Å². The van der Waals surface area contributed by atoms with Gasteiger partial charge in [-0.25, -0.2) is 4.79 Å². The Balaban J connectivity index is 2.33. The molecule has 0 unspecified atom stereocenters. The van der Waals surface area contributed by atoms with E-state index < -0.39 is 18.8 Å². The van der Waals surface area contributed by atoms with Gasteiger partial charge in [0.25, 0.3) is 0 Å². The third kappa shape index (κ3) is 5.13. The lowest BCUT2D eigenvalue weighted by Crippen LogP contribution is -2.18. The standard InChI is InChI=1S/C9H11F3N2O4/c1-2-17-8(15)7-13-6(14-18-7)3-4-16-5-9(10,11)12/h2-5H2,1H3. The third-order valence-corrected chi connectivity index (χ3v) is 1.65. The van der Waals surface area contributed by atoms with Crippen molar-refractivity contribution < 1.29 is 32.0 Å². The van der Waals surface area contributed by atoms with Crippen LogP contribution >= 0.6 is 0 Å². The fourth-order valence-corrected chi connectivity index (χ4v) is 0.983. The molecule has 0 spiro atoms. The van der Waals surface area contributed by atoms with E-state index >= 15 is 0 Å². The number of alkyl halides is 3. The maximum absolute atomic E-state index is 11.7. The fraction of sp³-hybridized carbons (Fsp3) is 0.667. The van der Waals surface area contributed by atoms with Gasteiger partial charge in [-0.1, -0.05) is 5.16 Å². The van der Waals surface area contributed by atoms with Crippen LogP contribution in [0.5, 0.6) is 0 Å². The number of rotatable bonds is 6. The lowest BCUT2D eigenvalue weighted by Gasteiger charge is -2.05. The van der Waals surface area contributed by atoms with E-state index in [4.69, 9.17) is 0 Å². The summed E-state index contributed by atoms with van der Waals surface area (Å²) in [5, 5.41) is 3.41. The molecule has 0 bridgehead atoms. The van der Waals surface area contributed by atoms with Crippen molar-refractivity contribution in [2.24, 2.45) is 0 Å². The molecule has 102 valence electrons. The largest absolute Gasteiger partial charge is 0.459 e. The van der Waals surface area contributed by atoms with Crippen LogP contribution in [-0.2, 0) is 15.9 Å². The highest BCUT2D eigenvalue weighted by Crippen LogP contribution is 2.14. The molecule has 0 atom stereocenters. The summed E-state index contributed by atoms with van der Waals surface area (Å²) in [6.45, 7) is 0.211. The maximum Gasteiger partial charge on any atom is 0.411 e. The summed E-state index contributed by atoms with van der Waals surface area (Å²) in [7, 11) is 0. The predicted molar refractivity (Wildman–Crippen MR) is 50.8 cm³/mol. The van der Waals surface area contributed by atoms with Crippen LogP contribution in [-0.4, -0.2) is 42.1 Å². The number of hydrogen-bond acceptors (Lipinski definition) is 6. The van der Waals surface area contributed by atoms with Crippen LogP contribution in [0.25, 0.3) is 0 Å². The van der Waals surface area contributed by atoms with Gasteiger partial charge in [-0.2, -0.15) is 18.2 Å². The summed E-state index contributed by atoms with van der Waals surface area (Å²) < 4.78 is 48.7. The number of nitrogens with zero attached hydrogens (tertiary/aromatic N) is 2. The summed E-state index contributed by atoms with van der Waals surface area (Å²) in [5.74, 6) is -1.02. The molecule has 1 aromatic rings. The molecule has 9 heteroatoms. The van der Waals surface area contributed by atoms with Crippen molar-refractivity contribution in [3.05, 3.63) is 11.7 Å². The number of hydrogen-bond donors (Lipinski definition) is 0. The Labute approximate surface area is 100 Å². The number of aromatic nitrogens is 2. The predicted octanol–water partition coefficient (Wildman–Crippen LogP) is 1.37. The van der Waals surface area contributed by atoms with E-state index in [1.165, 1.54) is 0 Å². The van der Waals surface area contributed by atoms with Crippen molar-refractivity contribution in [2.45, 2.75) is 19.5 Å². The van der Waals surface area contributed by atoms with Crippen molar-refractivity contribution in [1.29, 1.82) is 0 Å². The highest BCUT2D eigenvalue weighted by atomic mass is 19.4. The Morgan fingerprint density at radius 2 is 2.17 bits per heavy atom. The van der Waals surface area contributed by atoms with E-state index in [0.29, 0.717) is 0 Å². The van der Waals surface area contributed by atoms with Crippen molar-refractivity contribution >= 4 is 5.97 Å². The van der Waals surface area contributed by atoms with Gasteiger partial charge in [0.1, 0.15) is 6.61 Å². The first-order valence-electron chi connectivity index (χ1n) is 5.06. The van der Waals surface area contributed by atoms with Crippen LogP contribution in [0.3, 0.4) is 0 Å². The molecular formula is C9H11F3N2O4. The van der Waals surface area contributed by atoms with E-state index in [1.807, 2.05) is 0 Å². The molecule has 0 aliphatic heterocycles. The zero-order valence-electron chi connectivity index (χ0n) is 9.49. The monoisotopic (exact) mass is 268 g/mol. The first-order chi connectivity index (χ1) is 8.42. The van der Waals surface area contributed by atoms with Crippen LogP contribution in [0.4, 0.5) is 13.2 Å². The first kappa shape index (κ1) is 14.4. The molecule has 0 saturated heterocycles. The van der Waals surface area contributed by atoms with Gasteiger partial charge in [-0.05, 0) is 6.92 Å². The zero-order chi connectivity index (χ0) is 13.6. The second kappa shape index (κ2) is 6.34. The molecule has 0 radical (unpaired) electrons. The van der Waals surface area contributed by atoms with Gasteiger partial charge < -0.3 is 14.0 Å². The zero-order valence-corrected chi connectivity index (χ0v) is 9.49. The minimum atomic E-state index is -4.37. The summed E-state index contributed by atoms with van der Waals surface area (Å²) in [4.78, 5) is 14.8. The van der Waals surface area contributed by atoms with Crippen LogP contribution in [0, 0.1) is 0 Å². The number of esters is 1. The lowest BCUT2D eigenvalue weighted by atomic mass is 10.4. The first-order valence-corrected chi connectivity index (χ1v) is 5.06. The van der Waals surface area contributed by atoms with Crippen molar-refractivity contribution in [1.82, 2.24) is 10.1 Å². The number of carbonyl (C=O) groups is 1. The second-order valence-electron chi connectivity index (χ2n) is 3.15. The van der Waals surface area contributed by atoms with Crippen LogP contribution < -0.4 is 0 Å². The van der Waals surface area contributed by atoms with Crippen molar-refractivity contribution in [2.75, 3.05) is 19.8 Å². The summed E-state index contributed by atoms with van der Waals surface area (Å²) >= 11 is 0. The third-order valence-electron chi connectivity index (χ3n) is 1.65. The SMILES string of the molecule is CCOC(=O)c1nc(CCOCC(F)(F)F)no1. The van der Waals surface area contributed by atoms with E-state index in [-0.39, 0.29) is 31.3 Å². The van der Waals surface area contributed by atoms with Crippen molar-refractivity contribution in [3.8, 4) is 0 Å². The van der Waals surface area contributed by atoms with Gasteiger partial charge in [0, 0.05) is 6.42 Å². The lowest BCUT2D eigenvalue weighted by molar-refractivity contribution is -0.173. The van der Waals surface area contributed by atoms with Gasteiger partial charge in [0.2, 0.25) is 0 Å². The van der Waals surface area contributed by atoms with Gasteiger partial charge >= 0.3 is 18.0 Å². The van der Waals surface area contributed by atoms with Gasteiger partial charge in [-0.15, -0.1) is 0 Å². The molecule has 0 aliphatic carbocycles. The summed E-state index contributed by atoms with van der Waals surface area (Å²) in [6, 6.07) is 0. The number of halogens is 3. The van der Waals surface area contributed by atoms with Crippen LogP contribution in [0.1, 0.15) is 23.4 Å². The fourth-order valence-electron chi connectivity index (χ4n) is 0.983. The Kier molecular flexibility index (Phi) is 5.08. The molecule has 0 aliphatic rings. The molecule has 1 aromatic heterocycles. The smallest absolute Gasteiger partial charge is 0.411 e. The Morgan fingerprint density at radius 1 is 1.44 bits per heavy atom. The van der Waals surface area contributed by atoms with Gasteiger partial charge in [0.05, 0.1) is 13.2 Å². The van der Waals surface area contributed by atoms with E-state index in [0.717, 1.165) is 0 Å². The van der Waals surface area contributed by atoms with E-state index in [2.05, 4.69) is 24.1 Å². The Morgan fingerprint density at radius 3 is 2.78 bits per heavy atom. The van der Waals surface area contributed by atoms with Crippen LogP contribution in [0.15, 0.2) is 4.52 Å². The molecule has 0 amide bonds. The van der Waals surface area contributed by atoms with E-state index in [9.17, 15) is 18.0 Å². The second-order valence-corrected chi connectivity index (χ2v) is 3.15. The normalized spacial score (nSPS) is 11.6. The molecule has 0 N–H and O–H groups in total. The average Bonchev–Trinajstić information content (AvgIpc) is 2.72. The maximum atomic E-state index is 11.7. The molecule has 0 fully saturated rings. The molecule has 1 heterocycles. The average molecular weight is 268 g/mol. The molecule has 1 rings (SSSR count). The molecule has 0 saturated carbocycles. The highest BCUT2D eigenvalue weighted by Gasteiger charge is 2.27. The minimum Gasteiger partial charge on any atom is -0.459 e.